The molecule has 0 bridgehead atoms. The molecule has 1 rings (SSSR count). The van der Waals surface area contributed by atoms with Crippen LogP contribution >= 0.6 is 0 Å². The summed E-state index contributed by atoms with van der Waals surface area (Å²) in [6.45, 7) is 4.01. The zero-order valence-electron chi connectivity index (χ0n) is 10.4. The maximum absolute atomic E-state index is 12.1. The van der Waals surface area contributed by atoms with Crippen molar-refractivity contribution in [1.82, 2.24) is 4.31 Å². The number of aliphatic hydroxyl groups excluding tert-OH is 1. The van der Waals surface area contributed by atoms with Crippen molar-refractivity contribution in [3.05, 3.63) is 29.8 Å². The highest BCUT2D eigenvalue weighted by Gasteiger charge is 2.21. The zero-order chi connectivity index (χ0) is 13.1. The van der Waals surface area contributed by atoms with Crippen molar-refractivity contribution in [2.24, 2.45) is 5.92 Å². The minimum Gasteiger partial charge on any atom is -0.396 e. The van der Waals surface area contributed by atoms with Crippen LogP contribution in [0.15, 0.2) is 29.2 Å². The average molecular weight is 257 g/mol. The normalized spacial score (nSPS) is 13.9. The molecule has 0 aliphatic heterocycles. The molecule has 1 atom stereocenters. The molecule has 0 heterocycles. The maximum atomic E-state index is 12.1. The van der Waals surface area contributed by atoms with Crippen molar-refractivity contribution in [2.75, 3.05) is 20.2 Å². The molecular formula is C12H19NO3S. The lowest BCUT2D eigenvalue weighted by Gasteiger charge is -2.20. The molecule has 1 unspecified atom stereocenters. The van der Waals surface area contributed by atoms with Gasteiger partial charge in [-0.2, -0.15) is 0 Å². The molecule has 17 heavy (non-hydrogen) atoms. The number of benzene rings is 1. The van der Waals surface area contributed by atoms with Gasteiger partial charge in [0.15, 0.2) is 0 Å². The van der Waals surface area contributed by atoms with Gasteiger partial charge in [-0.1, -0.05) is 24.6 Å². The standard InChI is InChI=1S/C12H19NO3S/c1-10-4-6-12(7-5-10)17(15,16)13(3)8-11(2)9-14/h4-7,11,14H,8-9H2,1-3H3. The molecule has 0 saturated carbocycles. The molecule has 1 N–H and O–H groups in total. The highest BCUT2D eigenvalue weighted by atomic mass is 32.2. The van der Waals surface area contributed by atoms with Crippen molar-refractivity contribution >= 4 is 10.0 Å². The lowest BCUT2D eigenvalue weighted by molar-refractivity contribution is 0.219. The van der Waals surface area contributed by atoms with Crippen LogP contribution in [0.25, 0.3) is 0 Å². The van der Waals surface area contributed by atoms with Gasteiger partial charge >= 0.3 is 0 Å². The number of hydrogen-bond donors (Lipinski definition) is 1. The van der Waals surface area contributed by atoms with Gasteiger partial charge < -0.3 is 5.11 Å². The minimum atomic E-state index is -3.44. The summed E-state index contributed by atoms with van der Waals surface area (Å²) >= 11 is 0. The molecule has 1 aromatic carbocycles. The Labute approximate surface area is 103 Å². The first-order valence-electron chi connectivity index (χ1n) is 5.51. The average Bonchev–Trinajstić information content (AvgIpc) is 2.29. The Morgan fingerprint density at radius 3 is 2.29 bits per heavy atom. The van der Waals surface area contributed by atoms with E-state index in [-0.39, 0.29) is 17.4 Å². The molecule has 1 aromatic rings. The van der Waals surface area contributed by atoms with Gasteiger partial charge in [-0.05, 0) is 25.0 Å². The molecule has 5 heteroatoms. The molecule has 0 spiro atoms. The van der Waals surface area contributed by atoms with Gasteiger partial charge in [0, 0.05) is 20.2 Å². The third-order valence-electron chi connectivity index (χ3n) is 2.61. The third-order valence-corrected chi connectivity index (χ3v) is 4.45. The van der Waals surface area contributed by atoms with E-state index in [1.54, 1.807) is 31.2 Å². The van der Waals surface area contributed by atoms with Gasteiger partial charge in [-0.3, -0.25) is 0 Å². The molecule has 4 nitrogen and oxygen atoms in total. The Morgan fingerprint density at radius 1 is 1.29 bits per heavy atom. The predicted molar refractivity (Wildman–Crippen MR) is 67.2 cm³/mol. The second kappa shape index (κ2) is 5.62. The topological polar surface area (TPSA) is 57.6 Å². The number of aryl methyl sites for hydroxylation is 1. The van der Waals surface area contributed by atoms with Crippen molar-refractivity contribution in [2.45, 2.75) is 18.7 Å². The van der Waals surface area contributed by atoms with Gasteiger partial charge in [0.25, 0.3) is 0 Å². The summed E-state index contributed by atoms with van der Waals surface area (Å²) in [6, 6.07) is 6.75. The van der Waals surface area contributed by atoms with Gasteiger partial charge in [-0.25, -0.2) is 12.7 Å². The quantitative estimate of drug-likeness (QED) is 0.863. The molecular weight excluding hydrogens is 238 g/mol. The Kier molecular flexibility index (Phi) is 4.68. The van der Waals surface area contributed by atoms with Gasteiger partial charge in [0.1, 0.15) is 0 Å². The molecule has 0 saturated heterocycles. The molecule has 96 valence electrons. The SMILES string of the molecule is Cc1ccc(S(=O)(=O)N(C)CC(C)CO)cc1. The Balaban J connectivity index is 2.91. The first kappa shape index (κ1) is 14.2. The Hall–Kier alpha value is -0.910. The lowest BCUT2D eigenvalue weighted by Crippen LogP contribution is -2.32. The lowest BCUT2D eigenvalue weighted by atomic mass is 10.2. The molecule has 0 radical (unpaired) electrons. The molecule has 0 fully saturated rings. The molecule has 0 aromatic heterocycles. The summed E-state index contributed by atoms with van der Waals surface area (Å²) in [6.07, 6.45) is 0. The fourth-order valence-corrected chi connectivity index (χ4v) is 2.78. The fraction of sp³-hybridized carbons (Fsp3) is 0.500. The number of hydrogen-bond acceptors (Lipinski definition) is 3. The smallest absolute Gasteiger partial charge is 0.242 e. The van der Waals surface area contributed by atoms with Crippen LogP contribution in [-0.2, 0) is 10.0 Å². The second-order valence-electron chi connectivity index (χ2n) is 4.39. The summed E-state index contributed by atoms with van der Waals surface area (Å²) in [5.74, 6) is -0.0692. The second-order valence-corrected chi connectivity index (χ2v) is 6.43. The van der Waals surface area contributed by atoms with E-state index in [4.69, 9.17) is 5.11 Å². The Bertz CT molecular complexity index is 453. The van der Waals surface area contributed by atoms with E-state index < -0.39 is 10.0 Å². The summed E-state index contributed by atoms with van der Waals surface area (Å²) in [4.78, 5) is 0.288. The van der Waals surface area contributed by atoms with Crippen LogP contribution in [-0.4, -0.2) is 38.0 Å². The third kappa shape index (κ3) is 3.52. The fourth-order valence-electron chi connectivity index (χ4n) is 1.48. The number of rotatable bonds is 5. The van der Waals surface area contributed by atoms with E-state index in [2.05, 4.69) is 0 Å². The van der Waals surface area contributed by atoms with E-state index in [1.165, 1.54) is 11.4 Å². The molecule has 0 aliphatic rings. The van der Waals surface area contributed by atoms with Crippen LogP contribution in [0.2, 0.25) is 0 Å². The first-order valence-corrected chi connectivity index (χ1v) is 6.95. The summed E-state index contributed by atoms with van der Waals surface area (Å²) in [5, 5.41) is 8.93. The van der Waals surface area contributed by atoms with E-state index >= 15 is 0 Å². The Morgan fingerprint density at radius 2 is 1.82 bits per heavy atom. The van der Waals surface area contributed by atoms with Crippen molar-refractivity contribution in [1.29, 1.82) is 0 Å². The minimum absolute atomic E-state index is 0.0201. The van der Waals surface area contributed by atoms with Gasteiger partial charge in [0.2, 0.25) is 10.0 Å². The molecule has 0 amide bonds. The highest BCUT2D eigenvalue weighted by molar-refractivity contribution is 7.89. The number of sulfonamides is 1. The van der Waals surface area contributed by atoms with Gasteiger partial charge in [0.05, 0.1) is 4.90 Å². The van der Waals surface area contributed by atoms with Crippen molar-refractivity contribution in [3.63, 3.8) is 0 Å². The summed E-state index contributed by atoms with van der Waals surface area (Å²) in [7, 11) is -1.91. The first-order chi connectivity index (χ1) is 7.87. The van der Waals surface area contributed by atoms with Crippen molar-refractivity contribution < 1.29 is 13.5 Å². The summed E-state index contributed by atoms with van der Waals surface area (Å²) in [5.41, 5.74) is 1.02. The van der Waals surface area contributed by atoms with E-state index in [0.29, 0.717) is 6.54 Å². The monoisotopic (exact) mass is 257 g/mol. The summed E-state index contributed by atoms with van der Waals surface area (Å²) < 4.78 is 25.6. The van der Waals surface area contributed by atoms with Crippen LogP contribution < -0.4 is 0 Å². The number of nitrogens with zero attached hydrogens (tertiary/aromatic N) is 1. The maximum Gasteiger partial charge on any atom is 0.242 e. The number of aliphatic hydroxyl groups is 1. The van der Waals surface area contributed by atoms with Gasteiger partial charge in [-0.15, -0.1) is 0 Å². The zero-order valence-corrected chi connectivity index (χ0v) is 11.2. The van der Waals surface area contributed by atoms with Crippen LogP contribution in [0.3, 0.4) is 0 Å². The predicted octanol–water partition coefficient (Wildman–Crippen LogP) is 1.24. The van der Waals surface area contributed by atoms with E-state index in [9.17, 15) is 8.42 Å². The molecule has 0 aliphatic carbocycles. The largest absolute Gasteiger partial charge is 0.396 e. The van der Waals surface area contributed by atoms with Crippen molar-refractivity contribution in [3.8, 4) is 0 Å². The van der Waals surface area contributed by atoms with Crippen LogP contribution in [0.5, 0.6) is 0 Å². The van der Waals surface area contributed by atoms with Crippen LogP contribution in [0.4, 0.5) is 0 Å². The van der Waals surface area contributed by atoms with E-state index in [0.717, 1.165) is 5.56 Å². The highest BCUT2D eigenvalue weighted by Crippen LogP contribution is 2.15. The van der Waals surface area contributed by atoms with Crippen LogP contribution in [0, 0.1) is 12.8 Å². The van der Waals surface area contributed by atoms with Crippen LogP contribution in [0.1, 0.15) is 12.5 Å². The van der Waals surface area contributed by atoms with E-state index in [1.807, 2.05) is 6.92 Å².